The van der Waals surface area contributed by atoms with Crippen LogP contribution in [0, 0.1) is 0 Å². The number of rotatable bonds is 19. The zero-order valence-electron chi connectivity index (χ0n) is 20.8. The first-order valence-corrected chi connectivity index (χ1v) is 13.7. The van der Waals surface area contributed by atoms with E-state index in [-0.39, 0.29) is 11.7 Å². The van der Waals surface area contributed by atoms with E-state index in [9.17, 15) is 4.79 Å². The zero-order chi connectivity index (χ0) is 23.7. The molecule has 0 saturated carbocycles. The monoisotopic (exact) mass is 478 g/mol. The summed E-state index contributed by atoms with van der Waals surface area (Å²) < 4.78 is 12.7. The maximum Gasteiger partial charge on any atom is 0.316 e. The molecule has 0 spiro atoms. The summed E-state index contributed by atoms with van der Waals surface area (Å²) in [6.45, 7) is 5.10. The molecule has 0 aromatic carbocycles. The molecule has 0 fully saturated rings. The first-order valence-electron chi connectivity index (χ1n) is 12.8. The van der Waals surface area contributed by atoms with Crippen LogP contribution in [-0.4, -0.2) is 44.7 Å². The van der Waals surface area contributed by atoms with Crippen molar-refractivity contribution in [2.24, 2.45) is 7.05 Å². The van der Waals surface area contributed by atoms with E-state index in [2.05, 4.69) is 22.0 Å². The minimum absolute atomic E-state index is 0.200. The molecule has 0 unspecified atom stereocenters. The standard InChI is InChI=1S/C25H42N4O3S/c1-4-6-7-8-9-10-11-12-13-14-15-16-17-18-32-25-23-22(28-29(25)3)24(27-20-26-23)33-19-21(30)31-5-2/h20H,4-19H2,1-3H3. The molecule has 2 aromatic rings. The predicted molar refractivity (Wildman–Crippen MR) is 135 cm³/mol. The van der Waals surface area contributed by atoms with E-state index in [1.165, 1.54) is 95.1 Å². The van der Waals surface area contributed by atoms with Gasteiger partial charge >= 0.3 is 5.97 Å². The third kappa shape index (κ3) is 10.3. The van der Waals surface area contributed by atoms with Crippen molar-refractivity contribution in [1.82, 2.24) is 19.7 Å². The number of hydrogen-bond donors (Lipinski definition) is 0. The zero-order valence-corrected chi connectivity index (χ0v) is 21.6. The summed E-state index contributed by atoms with van der Waals surface area (Å²) in [6, 6.07) is 0. The molecule has 0 saturated heterocycles. The quantitative estimate of drug-likeness (QED) is 0.0988. The highest BCUT2D eigenvalue weighted by molar-refractivity contribution is 8.00. The molecule has 33 heavy (non-hydrogen) atoms. The molecule has 8 heteroatoms. The summed E-state index contributed by atoms with van der Waals surface area (Å²) in [7, 11) is 1.85. The average Bonchev–Trinajstić information content (AvgIpc) is 3.13. The van der Waals surface area contributed by atoms with Gasteiger partial charge in [0.1, 0.15) is 16.9 Å². The lowest BCUT2D eigenvalue weighted by Gasteiger charge is -2.06. The van der Waals surface area contributed by atoms with Crippen molar-refractivity contribution in [2.45, 2.75) is 102 Å². The number of aryl methyl sites for hydroxylation is 1. The van der Waals surface area contributed by atoms with Crippen molar-refractivity contribution in [2.75, 3.05) is 19.0 Å². The smallest absolute Gasteiger partial charge is 0.316 e. The van der Waals surface area contributed by atoms with Gasteiger partial charge in [0.25, 0.3) is 0 Å². The first kappa shape index (κ1) is 27.4. The molecule has 7 nitrogen and oxygen atoms in total. The van der Waals surface area contributed by atoms with E-state index in [1.807, 2.05) is 7.05 Å². The first-order chi connectivity index (χ1) is 16.2. The van der Waals surface area contributed by atoms with E-state index >= 15 is 0 Å². The lowest BCUT2D eigenvalue weighted by atomic mass is 10.0. The Labute approximate surface area is 203 Å². The number of fused-ring (bicyclic) bond motifs is 1. The maximum absolute atomic E-state index is 11.6. The maximum atomic E-state index is 11.6. The van der Waals surface area contributed by atoms with Gasteiger partial charge < -0.3 is 9.47 Å². The normalized spacial score (nSPS) is 11.2. The number of nitrogens with zero attached hydrogens (tertiary/aromatic N) is 4. The van der Waals surface area contributed by atoms with E-state index in [0.29, 0.717) is 35.2 Å². The second-order valence-electron chi connectivity index (χ2n) is 8.49. The number of ether oxygens (including phenoxy) is 2. The van der Waals surface area contributed by atoms with Gasteiger partial charge in [-0.1, -0.05) is 95.7 Å². The molecule has 2 rings (SSSR count). The Morgan fingerprint density at radius 3 is 2.09 bits per heavy atom. The van der Waals surface area contributed by atoms with Crippen LogP contribution in [0.5, 0.6) is 5.88 Å². The number of unbranched alkanes of at least 4 members (excludes halogenated alkanes) is 12. The van der Waals surface area contributed by atoms with Gasteiger partial charge in [0.2, 0.25) is 5.88 Å². The van der Waals surface area contributed by atoms with Crippen molar-refractivity contribution in [3.05, 3.63) is 6.33 Å². The molecule has 0 radical (unpaired) electrons. The van der Waals surface area contributed by atoms with Crippen LogP contribution in [0.4, 0.5) is 0 Å². The summed E-state index contributed by atoms with van der Waals surface area (Å²) in [6.07, 6.45) is 18.8. The van der Waals surface area contributed by atoms with Crippen molar-refractivity contribution >= 4 is 28.8 Å². The number of thioether (sulfide) groups is 1. The molecule has 2 aromatic heterocycles. The summed E-state index contributed by atoms with van der Waals surface area (Å²) >= 11 is 1.31. The second-order valence-corrected chi connectivity index (χ2v) is 9.45. The molecular formula is C25H42N4O3S. The summed E-state index contributed by atoms with van der Waals surface area (Å²) in [4.78, 5) is 20.3. The number of esters is 1. The lowest BCUT2D eigenvalue weighted by molar-refractivity contribution is -0.139. The van der Waals surface area contributed by atoms with Gasteiger partial charge in [-0.3, -0.25) is 4.79 Å². The van der Waals surface area contributed by atoms with Crippen LogP contribution >= 0.6 is 11.8 Å². The molecule has 0 aliphatic rings. The van der Waals surface area contributed by atoms with E-state index in [4.69, 9.17) is 9.47 Å². The van der Waals surface area contributed by atoms with Crippen LogP contribution < -0.4 is 4.74 Å². The Kier molecular flexibility index (Phi) is 13.9. The van der Waals surface area contributed by atoms with Crippen LogP contribution in [0.2, 0.25) is 0 Å². The van der Waals surface area contributed by atoms with E-state index in [1.54, 1.807) is 11.6 Å². The van der Waals surface area contributed by atoms with E-state index in [0.717, 1.165) is 6.42 Å². The SMILES string of the molecule is CCCCCCCCCCCCCCCOc1c2ncnc(SCC(=O)OCC)c2nn1C. The molecule has 0 N–H and O–H groups in total. The number of aromatic nitrogens is 4. The Morgan fingerprint density at radius 2 is 1.48 bits per heavy atom. The molecule has 0 atom stereocenters. The molecule has 2 heterocycles. The van der Waals surface area contributed by atoms with Crippen LogP contribution in [0.15, 0.2) is 11.4 Å². The number of carbonyl (C=O) groups is 1. The minimum atomic E-state index is -0.260. The van der Waals surface area contributed by atoms with Crippen LogP contribution in [0.1, 0.15) is 97.3 Å². The van der Waals surface area contributed by atoms with Gasteiger partial charge in [0.15, 0.2) is 5.52 Å². The molecule has 0 amide bonds. The largest absolute Gasteiger partial charge is 0.476 e. The number of hydrogen-bond acceptors (Lipinski definition) is 7. The Hall–Kier alpha value is -1.83. The van der Waals surface area contributed by atoms with Crippen molar-refractivity contribution in [3.63, 3.8) is 0 Å². The van der Waals surface area contributed by atoms with Crippen LogP contribution in [0.3, 0.4) is 0 Å². The van der Waals surface area contributed by atoms with Crippen LogP contribution in [-0.2, 0) is 16.6 Å². The van der Waals surface area contributed by atoms with Crippen LogP contribution in [0.25, 0.3) is 11.0 Å². The molecule has 0 aliphatic carbocycles. The molecular weight excluding hydrogens is 436 g/mol. The van der Waals surface area contributed by atoms with Gasteiger partial charge in [-0.05, 0) is 13.3 Å². The summed E-state index contributed by atoms with van der Waals surface area (Å²) in [5.74, 6) is 0.597. The van der Waals surface area contributed by atoms with Gasteiger partial charge in [0.05, 0.1) is 19.0 Å². The predicted octanol–water partition coefficient (Wildman–Crippen LogP) is 6.49. The Balaban J connectivity index is 1.62. The number of carbonyl (C=O) groups excluding carboxylic acids is 1. The summed E-state index contributed by atoms with van der Waals surface area (Å²) in [5, 5.41) is 5.18. The minimum Gasteiger partial charge on any atom is -0.476 e. The summed E-state index contributed by atoms with van der Waals surface area (Å²) in [5.41, 5.74) is 1.35. The molecule has 186 valence electrons. The highest BCUT2D eigenvalue weighted by Crippen LogP contribution is 2.29. The Bertz CT molecular complexity index is 812. The van der Waals surface area contributed by atoms with Crippen molar-refractivity contribution < 1.29 is 14.3 Å². The highest BCUT2D eigenvalue weighted by Gasteiger charge is 2.17. The van der Waals surface area contributed by atoms with Crippen molar-refractivity contribution in [3.8, 4) is 5.88 Å². The highest BCUT2D eigenvalue weighted by atomic mass is 32.2. The third-order valence-corrected chi connectivity index (χ3v) is 6.61. The fourth-order valence-corrected chi connectivity index (χ4v) is 4.58. The van der Waals surface area contributed by atoms with Gasteiger partial charge in [0, 0.05) is 7.05 Å². The van der Waals surface area contributed by atoms with Gasteiger partial charge in [-0.2, -0.15) is 5.10 Å². The van der Waals surface area contributed by atoms with Gasteiger partial charge in [-0.25, -0.2) is 14.6 Å². The van der Waals surface area contributed by atoms with E-state index < -0.39 is 0 Å². The Morgan fingerprint density at radius 1 is 0.879 bits per heavy atom. The van der Waals surface area contributed by atoms with Gasteiger partial charge in [-0.15, -0.1) is 0 Å². The van der Waals surface area contributed by atoms with Crippen molar-refractivity contribution in [1.29, 1.82) is 0 Å². The molecule has 0 bridgehead atoms. The fourth-order valence-electron chi connectivity index (χ4n) is 3.84. The molecule has 0 aliphatic heterocycles. The fraction of sp³-hybridized carbons (Fsp3) is 0.760. The second kappa shape index (κ2) is 16.7. The topological polar surface area (TPSA) is 79.1 Å². The third-order valence-electron chi connectivity index (χ3n) is 5.65. The lowest BCUT2D eigenvalue weighted by Crippen LogP contribution is -2.06. The average molecular weight is 479 g/mol.